The number of aromatic nitrogens is 2. The van der Waals surface area contributed by atoms with Gasteiger partial charge < -0.3 is 10.6 Å². The molecule has 1 aromatic carbocycles. The number of fused-ring (bicyclic) bond motifs is 1. The molecule has 3 aromatic rings. The number of rotatable bonds is 5. The topological polar surface area (TPSA) is 75.5 Å². The zero-order valence-electron chi connectivity index (χ0n) is 14.9. The Morgan fingerprint density at radius 3 is 2.43 bits per heavy atom. The highest BCUT2D eigenvalue weighted by molar-refractivity contribution is 6.08. The smallest absolute Gasteiger partial charge is 0.349 e. The molecule has 6 nitrogen and oxygen atoms in total. The van der Waals surface area contributed by atoms with Crippen molar-refractivity contribution in [3.63, 3.8) is 0 Å². The van der Waals surface area contributed by atoms with Crippen molar-refractivity contribution in [2.24, 2.45) is 0 Å². The molecule has 0 fully saturated rings. The van der Waals surface area contributed by atoms with Crippen molar-refractivity contribution in [1.29, 1.82) is 0 Å². The minimum atomic E-state index is -4.45. The van der Waals surface area contributed by atoms with Gasteiger partial charge in [-0.15, -0.1) is 0 Å². The molecule has 9 heteroatoms. The van der Waals surface area contributed by atoms with Crippen molar-refractivity contribution >= 4 is 23.0 Å². The molecule has 146 valence electrons. The number of nitrogens with zero attached hydrogens (tertiary/aromatic N) is 2. The molecule has 28 heavy (non-hydrogen) atoms. The first-order valence-corrected chi connectivity index (χ1v) is 8.55. The van der Waals surface area contributed by atoms with Gasteiger partial charge in [0.15, 0.2) is 5.69 Å². The molecule has 0 bridgehead atoms. The maximum Gasteiger partial charge on any atom is 0.416 e. The molecule has 2 amide bonds. The van der Waals surface area contributed by atoms with E-state index >= 15 is 0 Å². The van der Waals surface area contributed by atoms with Crippen LogP contribution in [0, 0.1) is 0 Å². The van der Waals surface area contributed by atoms with Gasteiger partial charge in [0.1, 0.15) is 0 Å². The summed E-state index contributed by atoms with van der Waals surface area (Å²) < 4.78 is 39.4. The second-order valence-corrected chi connectivity index (χ2v) is 6.03. The molecular weight excluding hydrogens is 373 g/mol. The van der Waals surface area contributed by atoms with Crippen LogP contribution in [0.4, 0.5) is 18.9 Å². The average molecular weight is 390 g/mol. The molecule has 3 rings (SSSR count). The van der Waals surface area contributed by atoms with Crippen LogP contribution in [-0.2, 0) is 6.18 Å². The number of carbonyl (C=O) groups is 2. The fourth-order valence-electron chi connectivity index (χ4n) is 2.62. The summed E-state index contributed by atoms with van der Waals surface area (Å²) in [4.78, 5) is 29.1. The highest BCUT2D eigenvalue weighted by atomic mass is 19.4. The highest BCUT2D eigenvalue weighted by Crippen LogP contribution is 2.30. The van der Waals surface area contributed by atoms with Gasteiger partial charge in [-0.25, -0.2) is 4.98 Å². The van der Waals surface area contributed by atoms with E-state index in [-0.39, 0.29) is 17.2 Å². The molecule has 0 unspecified atom stereocenters. The molecule has 0 spiro atoms. The summed E-state index contributed by atoms with van der Waals surface area (Å²) in [5.41, 5.74) is -0.212. The third-order valence-electron chi connectivity index (χ3n) is 3.97. The van der Waals surface area contributed by atoms with Gasteiger partial charge in [-0.2, -0.15) is 13.2 Å². The molecule has 0 saturated carbocycles. The fraction of sp³-hybridized carbons (Fsp3) is 0.211. The van der Waals surface area contributed by atoms with Gasteiger partial charge in [0, 0.05) is 18.4 Å². The number of pyridine rings is 1. The van der Waals surface area contributed by atoms with Crippen molar-refractivity contribution in [3.8, 4) is 0 Å². The number of benzene rings is 1. The van der Waals surface area contributed by atoms with Crippen molar-refractivity contribution in [2.75, 3.05) is 11.9 Å². The third-order valence-corrected chi connectivity index (χ3v) is 3.97. The van der Waals surface area contributed by atoms with E-state index in [0.29, 0.717) is 12.1 Å². The van der Waals surface area contributed by atoms with Crippen LogP contribution in [0.3, 0.4) is 0 Å². The summed E-state index contributed by atoms with van der Waals surface area (Å²) in [6, 6.07) is 9.10. The van der Waals surface area contributed by atoms with E-state index in [1.54, 1.807) is 24.4 Å². The predicted molar refractivity (Wildman–Crippen MR) is 97.2 cm³/mol. The number of halogens is 3. The minimum Gasteiger partial charge on any atom is -0.349 e. The normalized spacial score (nSPS) is 11.4. The zero-order chi connectivity index (χ0) is 20.3. The monoisotopic (exact) mass is 390 g/mol. The quantitative estimate of drug-likeness (QED) is 0.697. The maximum atomic E-state index is 12.7. The molecule has 0 aliphatic carbocycles. The lowest BCUT2D eigenvalue weighted by Crippen LogP contribution is -2.26. The van der Waals surface area contributed by atoms with Gasteiger partial charge in [-0.05, 0) is 42.8 Å². The zero-order valence-corrected chi connectivity index (χ0v) is 14.9. The number of amides is 2. The highest BCUT2D eigenvalue weighted by Gasteiger charge is 2.30. The lowest BCUT2D eigenvalue weighted by atomic mass is 10.2. The lowest BCUT2D eigenvalue weighted by molar-refractivity contribution is -0.137. The molecule has 0 atom stereocenters. The molecule has 0 aliphatic heterocycles. The Morgan fingerprint density at radius 2 is 1.79 bits per heavy atom. The summed E-state index contributed by atoms with van der Waals surface area (Å²) in [5.74, 6) is -0.990. The lowest BCUT2D eigenvalue weighted by Gasteiger charge is -2.08. The minimum absolute atomic E-state index is 0.00199. The first-order valence-electron chi connectivity index (χ1n) is 8.55. The summed E-state index contributed by atoms with van der Waals surface area (Å²) in [5, 5.41) is 5.21. The molecule has 0 saturated heterocycles. The van der Waals surface area contributed by atoms with Crippen LogP contribution < -0.4 is 10.6 Å². The van der Waals surface area contributed by atoms with E-state index in [4.69, 9.17) is 0 Å². The van der Waals surface area contributed by atoms with E-state index < -0.39 is 23.6 Å². The van der Waals surface area contributed by atoms with E-state index in [0.717, 1.165) is 30.7 Å². The third kappa shape index (κ3) is 3.98. The van der Waals surface area contributed by atoms with Gasteiger partial charge in [0.25, 0.3) is 11.8 Å². The Hall–Kier alpha value is -3.36. The van der Waals surface area contributed by atoms with Crippen LogP contribution in [-0.4, -0.2) is 27.7 Å². The van der Waals surface area contributed by atoms with Crippen molar-refractivity contribution < 1.29 is 22.8 Å². The molecular formula is C19H17F3N4O2. The SMILES string of the molecule is CCCNC(=O)c1nc(C(=O)Nc2ccc(C(F)(F)F)cc2)c2ccccn12. The van der Waals surface area contributed by atoms with Crippen LogP contribution in [0.15, 0.2) is 48.7 Å². The number of carbonyl (C=O) groups excluding carboxylic acids is 2. The molecule has 2 heterocycles. The summed E-state index contributed by atoms with van der Waals surface area (Å²) in [6.07, 6.45) is -2.10. The molecule has 0 aliphatic rings. The number of imidazole rings is 1. The van der Waals surface area contributed by atoms with Gasteiger partial charge in [0.2, 0.25) is 5.82 Å². The Balaban J connectivity index is 1.88. The van der Waals surface area contributed by atoms with Crippen molar-refractivity contribution in [3.05, 3.63) is 65.7 Å². The van der Waals surface area contributed by atoms with Crippen LogP contribution in [0.1, 0.15) is 40.0 Å². The van der Waals surface area contributed by atoms with Gasteiger partial charge in [-0.1, -0.05) is 13.0 Å². The summed E-state index contributed by atoms with van der Waals surface area (Å²) in [7, 11) is 0. The van der Waals surface area contributed by atoms with Crippen LogP contribution in [0.2, 0.25) is 0 Å². The van der Waals surface area contributed by atoms with E-state index in [1.165, 1.54) is 4.40 Å². The first-order chi connectivity index (χ1) is 13.3. The van der Waals surface area contributed by atoms with Crippen LogP contribution >= 0.6 is 0 Å². The van der Waals surface area contributed by atoms with Gasteiger partial charge in [0.05, 0.1) is 11.1 Å². The molecule has 0 radical (unpaired) electrons. The predicted octanol–water partition coefficient (Wildman–Crippen LogP) is 3.75. The standard InChI is InChI=1S/C19H17F3N4O2/c1-2-10-23-18(28)16-25-15(14-5-3-4-11-26(14)16)17(27)24-13-8-6-12(7-9-13)19(20,21)22/h3-9,11H,2,10H2,1H3,(H,23,28)(H,24,27). The summed E-state index contributed by atoms with van der Waals surface area (Å²) in [6.45, 7) is 2.38. The van der Waals surface area contributed by atoms with Crippen LogP contribution in [0.5, 0.6) is 0 Å². The van der Waals surface area contributed by atoms with E-state index in [2.05, 4.69) is 15.6 Å². The number of nitrogens with one attached hydrogen (secondary N) is 2. The maximum absolute atomic E-state index is 12.7. The Morgan fingerprint density at radius 1 is 1.07 bits per heavy atom. The number of anilines is 1. The van der Waals surface area contributed by atoms with Crippen LogP contribution in [0.25, 0.3) is 5.52 Å². The second-order valence-electron chi connectivity index (χ2n) is 6.03. The van der Waals surface area contributed by atoms with Gasteiger partial charge in [-0.3, -0.25) is 14.0 Å². The number of hydrogen-bond donors (Lipinski definition) is 2. The number of alkyl halides is 3. The Labute approximate surface area is 158 Å². The Bertz CT molecular complexity index is 1010. The van der Waals surface area contributed by atoms with E-state index in [9.17, 15) is 22.8 Å². The largest absolute Gasteiger partial charge is 0.416 e. The number of hydrogen-bond acceptors (Lipinski definition) is 3. The van der Waals surface area contributed by atoms with E-state index in [1.807, 2.05) is 6.92 Å². The Kier molecular flexibility index (Phi) is 5.34. The molecule has 2 N–H and O–H groups in total. The summed E-state index contributed by atoms with van der Waals surface area (Å²) >= 11 is 0. The first kappa shape index (κ1) is 19.4. The second kappa shape index (κ2) is 7.71. The molecule has 2 aromatic heterocycles. The fourth-order valence-corrected chi connectivity index (χ4v) is 2.62. The van der Waals surface area contributed by atoms with Crippen molar-refractivity contribution in [2.45, 2.75) is 19.5 Å². The average Bonchev–Trinajstić information content (AvgIpc) is 3.06. The van der Waals surface area contributed by atoms with Gasteiger partial charge >= 0.3 is 6.18 Å². The van der Waals surface area contributed by atoms with Crippen molar-refractivity contribution in [1.82, 2.24) is 14.7 Å².